The number of rotatable bonds is 2. The topological polar surface area (TPSA) is 17.1 Å². The Labute approximate surface area is 72.5 Å². The zero-order chi connectivity index (χ0) is 9.84. The molecule has 0 bridgehead atoms. The molecular formula is C9H4F3O. The minimum atomic E-state index is -1.05. The highest BCUT2D eigenvalue weighted by Gasteiger charge is 2.07. The number of hydrogen-bond donors (Lipinski definition) is 0. The summed E-state index contributed by atoms with van der Waals surface area (Å²) in [6.45, 7) is 0. The molecule has 0 aliphatic carbocycles. The van der Waals surface area contributed by atoms with Crippen molar-refractivity contribution < 1.29 is 18.0 Å². The van der Waals surface area contributed by atoms with E-state index in [0.717, 1.165) is 12.2 Å². The molecule has 0 N–H and O–H groups in total. The van der Waals surface area contributed by atoms with E-state index in [1.807, 2.05) is 0 Å². The molecule has 0 saturated carbocycles. The van der Waals surface area contributed by atoms with Gasteiger partial charge in [-0.3, -0.25) is 4.79 Å². The van der Waals surface area contributed by atoms with Crippen molar-refractivity contribution in [1.82, 2.24) is 0 Å². The quantitative estimate of drug-likeness (QED) is 0.645. The van der Waals surface area contributed by atoms with Crippen LogP contribution >= 0.6 is 0 Å². The van der Waals surface area contributed by atoms with Gasteiger partial charge in [-0.25, -0.2) is 13.2 Å². The average molecular weight is 185 g/mol. The maximum Gasteiger partial charge on any atom is 0.225 e. The molecule has 1 rings (SSSR count). The van der Waals surface area contributed by atoms with Crippen molar-refractivity contribution in [2.75, 3.05) is 0 Å². The van der Waals surface area contributed by atoms with E-state index >= 15 is 0 Å². The van der Waals surface area contributed by atoms with E-state index in [1.54, 1.807) is 0 Å². The van der Waals surface area contributed by atoms with Crippen LogP contribution in [0, 0.1) is 17.5 Å². The normalized spacial score (nSPS) is 10.7. The van der Waals surface area contributed by atoms with Gasteiger partial charge in [0.2, 0.25) is 6.29 Å². The van der Waals surface area contributed by atoms with Crippen LogP contribution < -0.4 is 0 Å². The van der Waals surface area contributed by atoms with Gasteiger partial charge in [0.15, 0.2) is 0 Å². The summed E-state index contributed by atoms with van der Waals surface area (Å²) in [7, 11) is 0. The van der Waals surface area contributed by atoms with Crippen LogP contribution in [0.4, 0.5) is 13.2 Å². The van der Waals surface area contributed by atoms with Crippen LogP contribution in [0.5, 0.6) is 0 Å². The first-order valence-corrected chi connectivity index (χ1v) is 3.34. The van der Waals surface area contributed by atoms with Crippen LogP contribution in [0.1, 0.15) is 5.56 Å². The molecule has 0 spiro atoms. The van der Waals surface area contributed by atoms with Crippen LogP contribution in [0.3, 0.4) is 0 Å². The van der Waals surface area contributed by atoms with Crippen LogP contribution in [-0.2, 0) is 4.79 Å². The highest BCUT2D eigenvalue weighted by molar-refractivity contribution is 5.74. The molecule has 0 fully saturated rings. The number of carbonyl (C=O) groups excluding carboxylic acids is 1. The van der Waals surface area contributed by atoms with E-state index in [2.05, 4.69) is 0 Å². The lowest BCUT2D eigenvalue weighted by Crippen LogP contribution is -1.90. The van der Waals surface area contributed by atoms with Crippen LogP contribution in [0.15, 0.2) is 18.2 Å². The van der Waals surface area contributed by atoms with Gasteiger partial charge < -0.3 is 0 Å². The van der Waals surface area contributed by atoms with Gasteiger partial charge >= 0.3 is 0 Å². The molecule has 0 unspecified atom stereocenters. The molecule has 1 aromatic carbocycles. The molecule has 0 atom stereocenters. The first-order valence-electron chi connectivity index (χ1n) is 3.34. The van der Waals surface area contributed by atoms with Crippen molar-refractivity contribution in [2.45, 2.75) is 0 Å². The van der Waals surface area contributed by atoms with Crippen molar-refractivity contribution in [2.24, 2.45) is 0 Å². The van der Waals surface area contributed by atoms with Crippen molar-refractivity contribution in [3.05, 3.63) is 41.2 Å². The van der Waals surface area contributed by atoms with Crippen molar-refractivity contribution >= 4 is 12.4 Å². The summed E-state index contributed by atoms with van der Waals surface area (Å²) in [5.74, 6) is -3.10. The fraction of sp³-hybridized carbons (Fsp3) is 0. The van der Waals surface area contributed by atoms with E-state index in [0.29, 0.717) is 12.1 Å². The molecule has 1 aromatic rings. The van der Waals surface area contributed by atoms with Crippen molar-refractivity contribution in [3.8, 4) is 0 Å². The Morgan fingerprint density at radius 2 is 1.69 bits per heavy atom. The Kier molecular flexibility index (Phi) is 2.84. The number of hydrogen-bond acceptors (Lipinski definition) is 1. The number of halogens is 3. The largest absolute Gasteiger partial charge is 0.286 e. The smallest absolute Gasteiger partial charge is 0.225 e. The standard InChI is InChI=1S/C9H4F3O/c10-6-4-8(11)7(2-1-3-13)9(12)5-6/h1-2,4-5H. The maximum atomic E-state index is 12.8. The van der Waals surface area contributed by atoms with Gasteiger partial charge in [0.1, 0.15) is 17.5 Å². The lowest BCUT2D eigenvalue weighted by Gasteiger charge is -1.98. The third-order valence-corrected chi connectivity index (χ3v) is 1.36. The fourth-order valence-corrected chi connectivity index (χ4v) is 0.830. The summed E-state index contributed by atoms with van der Waals surface area (Å²) in [5.41, 5.74) is -0.454. The van der Waals surface area contributed by atoms with Crippen LogP contribution in [0.2, 0.25) is 0 Å². The second-order valence-electron chi connectivity index (χ2n) is 2.23. The Hall–Kier alpha value is -1.58. The van der Waals surface area contributed by atoms with Gasteiger partial charge in [0.25, 0.3) is 0 Å². The van der Waals surface area contributed by atoms with Crippen molar-refractivity contribution in [1.29, 1.82) is 0 Å². The first kappa shape index (κ1) is 9.51. The minimum absolute atomic E-state index is 0.454. The number of allylic oxidation sites excluding steroid dienone is 1. The van der Waals surface area contributed by atoms with Gasteiger partial charge in [0.05, 0.1) is 0 Å². The third-order valence-electron chi connectivity index (χ3n) is 1.36. The minimum Gasteiger partial charge on any atom is -0.286 e. The molecule has 1 radical (unpaired) electrons. The van der Waals surface area contributed by atoms with E-state index in [-0.39, 0.29) is 0 Å². The van der Waals surface area contributed by atoms with E-state index < -0.39 is 23.0 Å². The Morgan fingerprint density at radius 3 is 2.15 bits per heavy atom. The molecular weight excluding hydrogens is 181 g/mol. The summed E-state index contributed by atoms with van der Waals surface area (Å²) >= 11 is 0. The van der Waals surface area contributed by atoms with Gasteiger partial charge in [-0.15, -0.1) is 0 Å². The monoisotopic (exact) mass is 185 g/mol. The molecule has 13 heavy (non-hydrogen) atoms. The molecule has 0 aromatic heterocycles. The molecule has 0 amide bonds. The Morgan fingerprint density at radius 1 is 1.15 bits per heavy atom. The van der Waals surface area contributed by atoms with Crippen molar-refractivity contribution in [3.63, 3.8) is 0 Å². The summed E-state index contributed by atoms with van der Waals surface area (Å²) in [6, 6.07) is 1.07. The zero-order valence-corrected chi connectivity index (χ0v) is 6.35. The lowest BCUT2D eigenvalue weighted by atomic mass is 10.2. The summed E-state index contributed by atoms with van der Waals surface area (Å²) in [5, 5.41) is 0. The van der Waals surface area contributed by atoms with E-state index in [9.17, 15) is 18.0 Å². The first-order chi connectivity index (χ1) is 6.15. The highest BCUT2D eigenvalue weighted by atomic mass is 19.1. The molecule has 67 valence electrons. The second-order valence-corrected chi connectivity index (χ2v) is 2.23. The highest BCUT2D eigenvalue weighted by Crippen LogP contribution is 2.15. The fourth-order valence-electron chi connectivity index (χ4n) is 0.830. The third kappa shape index (κ3) is 2.18. The summed E-state index contributed by atoms with van der Waals surface area (Å²) < 4.78 is 37.9. The van der Waals surface area contributed by atoms with Crippen LogP contribution in [-0.4, -0.2) is 6.29 Å². The average Bonchev–Trinajstić information content (AvgIpc) is 2.02. The van der Waals surface area contributed by atoms with Gasteiger partial charge in [0, 0.05) is 17.7 Å². The van der Waals surface area contributed by atoms with Gasteiger partial charge in [-0.2, -0.15) is 0 Å². The molecule has 1 nitrogen and oxygen atoms in total. The summed E-state index contributed by atoms with van der Waals surface area (Å²) in [6.07, 6.45) is 3.02. The predicted octanol–water partition coefficient (Wildman–Crippen LogP) is 2.23. The maximum absolute atomic E-state index is 12.8. The zero-order valence-electron chi connectivity index (χ0n) is 6.35. The molecule has 0 aliphatic heterocycles. The molecule has 4 heteroatoms. The SMILES string of the molecule is O=[C]C=Cc1c(F)cc(F)cc1F. The van der Waals surface area contributed by atoms with Gasteiger partial charge in [-0.05, 0) is 12.2 Å². The molecule has 0 heterocycles. The second kappa shape index (κ2) is 3.89. The molecule has 0 saturated heterocycles. The van der Waals surface area contributed by atoms with E-state index in [4.69, 9.17) is 0 Å². The van der Waals surface area contributed by atoms with Crippen LogP contribution in [0.25, 0.3) is 6.08 Å². The number of benzene rings is 1. The Balaban J connectivity index is 3.20. The van der Waals surface area contributed by atoms with E-state index in [1.165, 1.54) is 6.29 Å². The molecule has 0 aliphatic rings. The lowest BCUT2D eigenvalue weighted by molar-refractivity contribution is 0.540. The van der Waals surface area contributed by atoms with Gasteiger partial charge in [-0.1, -0.05) is 0 Å². The summed E-state index contributed by atoms with van der Waals surface area (Å²) in [4.78, 5) is 9.74. The Bertz CT molecular complexity index is 335. The predicted molar refractivity (Wildman–Crippen MR) is 41.0 cm³/mol.